The second kappa shape index (κ2) is 4.56. The van der Waals surface area contributed by atoms with Gasteiger partial charge in [-0.3, -0.25) is 0 Å². The molecule has 0 bridgehead atoms. The number of rotatable bonds is 2. The number of methoxy groups -OCH3 is 1. The number of carbonyl (C=O) groups is 1. The summed E-state index contributed by atoms with van der Waals surface area (Å²) in [6, 6.07) is 4.63. The highest BCUT2D eigenvalue weighted by Crippen LogP contribution is 2.10. The van der Waals surface area contributed by atoms with Crippen LogP contribution in [-0.2, 0) is 9.53 Å². The first-order valence-electron chi connectivity index (χ1n) is 4.15. The van der Waals surface area contributed by atoms with Gasteiger partial charge >= 0.3 is 5.97 Å². The monoisotopic (exact) mass is 194 g/mol. The van der Waals surface area contributed by atoms with E-state index in [1.54, 1.807) is 25.1 Å². The number of hydrogen-bond acceptors (Lipinski definition) is 2. The highest BCUT2D eigenvalue weighted by Gasteiger charge is 1.97. The van der Waals surface area contributed by atoms with Crippen LogP contribution in [0.4, 0.5) is 4.39 Å². The summed E-state index contributed by atoms with van der Waals surface area (Å²) < 4.78 is 17.3. The zero-order chi connectivity index (χ0) is 10.6. The molecule has 1 aromatic rings. The average Bonchev–Trinajstić information content (AvgIpc) is 2.19. The summed E-state index contributed by atoms with van der Waals surface area (Å²) >= 11 is 0. The fourth-order valence-electron chi connectivity index (χ4n) is 1.00. The standard InChI is InChI=1S/C11H11FO2/c1-8-7-9(3-5-10(8)12)4-6-11(13)14-2/h3-7H,1-2H3/b6-4+. The Morgan fingerprint density at radius 2 is 2.21 bits per heavy atom. The van der Waals surface area contributed by atoms with Crippen molar-refractivity contribution in [3.05, 3.63) is 41.2 Å². The van der Waals surface area contributed by atoms with E-state index in [0.29, 0.717) is 5.56 Å². The van der Waals surface area contributed by atoms with Gasteiger partial charge in [-0.1, -0.05) is 6.07 Å². The first kappa shape index (κ1) is 10.4. The molecule has 3 heteroatoms. The van der Waals surface area contributed by atoms with Gasteiger partial charge < -0.3 is 4.74 Å². The highest BCUT2D eigenvalue weighted by atomic mass is 19.1. The molecular weight excluding hydrogens is 183 g/mol. The van der Waals surface area contributed by atoms with Crippen LogP contribution in [0.25, 0.3) is 6.08 Å². The maximum atomic E-state index is 12.8. The van der Waals surface area contributed by atoms with Crippen molar-refractivity contribution in [2.75, 3.05) is 7.11 Å². The molecule has 2 nitrogen and oxygen atoms in total. The smallest absolute Gasteiger partial charge is 0.330 e. The fourth-order valence-corrected chi connectivity index (χ4v) is 1.00. The van der Waals surface area contributed by atoms with E-state index < -0.39 is 5.97 Å². The van der Waals surface area contributed by atoms with Gasteiger partial charge in [-0.2, -0.15) is 0 Å². The maximum Gasteiger partial charge on any atom is 0.330 e. The van der Waals surface area contributed by atoms with E-state index >= 15 is 0 Å². The summed E-state index contributed by atoms with van der Waals surface area (Å²) in [4.78, 5) is 10.8. The summed E-state index contributed by atoms with van der Waals surface area (Å²) in [5, 5.41) is 0. The second-order valence-corrected chi connectivity index (χ2v) is 2.87. The molecule has 0 unspecified atom stereocenters. The Morgan fingerprint density at radius 3 is 2.79 bits per heavy atom. The Kier molecular flexibility index (Phi) is 3.40. The molecule has 0 fully saturated rings. The fraction of sp³-hybridized carbons (Fsp3) is 0.182. The lowest BCUT2D eigenvalue weighted by atomic mass is 10.1. The van der Waals surface area contributed by atoms with Crippen molar-refractivity contribution < 1.29 is 13.9 Å². The first-order valence-corrected chi connectivity index (χ1v) is 4.15. The van der Waals surface area contributed by atoms with E-state index in [-0.39, 0.29) is 5.82 Å². The van der Waals surface area contributed by atoms with Gasteiger partial charge in [0.05, 0.1) is 7.11 Å². The van der Waals surface area contributed by atoms with E-state index in [1.807, 2.05) is 0 Å². The number of hydrogen-bond donors (Lipinski definition) is 0. The van der Waals surface area contributed by atoms with E-state index in [0.717, 1.165) is 5.56 Å². The molecule has 0 amide bonds. The first-order chi connectivity index (χ1) is 6.63. The van der Waals surface area contributed by atoms with Gasteiger partial charge in [-0.25, -0.2) is 9.18 Å². The summed E-state index contributed by atoms with van der Waals surface area (Å²) in [6.07, 6.45) is 2.88. The molecule has 0 aromatic heterocycles. The highest BCUT2D eigenvalue weighted by molar-refractivity contribution is 5.86. The third-order valence-corrected chi connectivity index (χ3v) is 1.80. The summed E-state index contributed by atoms with van der Waals surface area (Å²) in [5.41, 5.74) is 1.33. The lowest BCUT2D eigenvalue weighted by Gasteiger charge is -1.97. The molecule has 0 atom stereocenters. The molecule has 1 aromatic carbocycles. The predicted octanol–water partition coefficient (Wildman–Crippen LogP) is 2.32. The molecule has 0 heterocycles. The Balaban J connectivity index is 2.83. The average molecular weight is 194 g/mol. The zero-order valence-corrected chi connectivity index (χ0v) is 8.08. The molecule has 0 N–H and O–H groups in total. The number of carbonyl (C=O) groups excluding carboxylic acids is 1. The molecule has 0 spiro atoms. The van der Waals surface area contributed by atoms with Crippen molar-refractivity contribution >= 4 is 12.0 Å². The molecule has 1 rings (SSSR count). The van der Waals surface area contributed by atoms with E-state index in [4.69, 9.17) is 0 Å². The Labute approximate surface area is 82.0 Å². The molecule has 74 valence electrons. The summed E-state index contributed by atoms with van der Waals surface area (Å²) in [7, 11) is 1.31. The molecular formula is C11H11FO2. The number of esters is 1. The quantitative estimate of drug-likeness (QED) is 0.533. The lowest BCUT2D eigenvalue weighted by molar-refractivity contribution is -0.134. The van der Waals surface area contributed by atoms with Gasteiger partial charge in [0.15, 0.2) is 0 Å². The van der Waals surface area contributed by atoms with Gasteiger partial charge in [0.25, 0.3) is 0 Å². The van der Waals surface area contributed by atoms with Crippen molar-refractivity contribution in [3.63, 3.8) is 0 Å². The van der Waals surface area contributed by atoms with Crippen molar-refractivity contribution in [1.29, 1.82) is 0 Å². The largest absolute Gasteiger partial charge is 0.466 e. The van der Waals surface area contributed by atoms with Crippen LogP contribution in [0.2, 0.25) is 0 Å². The second-order valence-electron chi connectivity index (χ2n) is 2.87. The van der Waals surface area contributed by atoms with Gasteiger partial charge in [-0.05, 0) is 36.3 Å². The molecule has 14 heavy (non-hydrogen) atoms. The Bertz CT molecular complexity index is 370. The van der Waals surface area contributed by atoms with Gasteiger partial charge in [0.1, 0.15) is 5.82 Å². The Morgan fingerprint density at radius 1 is 1.50 bits per heavy atom. The summed E-state index contributed by atoms with van der Waals surface area (Å²) in [6.45, 7) is 1.67. The van der Waals surface area contributed by atoms with Crippen LogP contribution in [0.1, 0.15) is 11.1 Å². The third-order valence-electron chi connectivity index (χ3n) is 1.80. The van der Waals surface area contributed by atoms with Crippen LogP contribution in [-0.4, -0.2) is 13.1 Å². The van der Waals surface area contributed by atoms with Gasteiger partial charge in [0, 0.05) is 6.08 Å². The van der Waals surface area contributed by atoms with E-state index in [1.165, 1.54) is 19.3 Å². The number of ether oxygens (including phenoxy) is 1. The van der Waals surface area contributed by atoms with Crippen LogP contribution in [0, 0.1) is 12.7 Å². The zero-order valence-electron chi connectivity index (χ0n) is 8.08. The van der Waals surface area contributed by atoms with Crippen LogP contribution < -0.4 is 0 Å². The van der Waals surface area contributed by atoms with Gasteiger partial charge in [-0.15, -0.1) is 0 Å². The SMILES string of the molecule is COC(=O)/C=C/c1ccc(F)c(C)c1. The van der Waals surface area contributed by atoms with Crippen LogP contribution in [0.3, 0.4) is 0 Å². The molecule has 0 saturated heterocycles. The van der Waals surface area contributed by atoms with Crippen molar-refractivity contribution in [1.82, 2.24) is 0 Å². The lowest BCUT2D eigenvalue weighted by Crippen LogP contribution is -1.93. The van der Waals surface area contributed by atoms with Crippen LogP contribution in [0.15, 0.2) is 24.3 Å². The minimum atomic E-state index is -0.424. The summed E-state index contributed by atoms with van der Waals surface area (Å²) in [5.74, 6) is -0.674. The maximum absolute atomic E-state index is 12.8. The molecule has 0 aliphatic rings. The topological polar surface area (TPSA) is 26.3 Å². The molecule has 0 radical (unpaired) electrons. The number of halogens is 1. The van der Waals surface area contributed by atoms with Gasteiger partial charge in [0.2, 0.25) is 0 Å². The Hall–Kier alpha value is -1.64. The number of aryl methyl sites for hydroxylation is 1. The van der Waals surface area contributed by atoms with Crippen molar-refractivity contribution in [2.24, 2.45) is 0 Å². The predicted molar refractivity (Wildman–Crippen MR) is 52.2 cm³/mol. The number of benzene rings is 1. The van der Waals surface area contributed by atoms with Crippen LogP contribution in [0.5, 0.6) is 0 Å². The van der Waals surface area contributed by atoms with E-state index in [9.17, 15) is 9.18 Å². The van der Waals surface area contributed by atoms with Crippen molar-refractivity contribution in [3.8, 4) is 0 Å². The van der Waals surface area contributed by atoms with Crippen molar-refractivity contribution in [2.45, 2.75) is 6.92 Å². The minimum absolute atomic E-state index is 0.250. The van der Waals surface area contributed by atoms with E-state index in [2.05, 4.69) is 4.74 Å². The minimum Gasteiger partial charge on any atom is -0.466 e. The molecule has 0 aliphatic heterocycles. The molecule has 0 aliphatic carbocycles. The molecule has 0 saturated carbocycles. The normalized spacial score (nSPS) is 10.5. The third kappa shape index (κ3) is 2.69. The van der Waals surface area contributed by atoms with Crippen LogP contribution >= 0.6 is 0 Å².